The maximum atomic E-state index is 10.6. The highest BCUT2D eigenvalue weighted by atomic mass is 32.2. The zero-order valence-electron chi connectivity index (χ0n) is 10.6. The van der Waals surface area contributed by atoms with Crippen molar-refractivity contribution in [3.8, 4) is 5.75 Å². The molecule has 0 radical (unpaired) electrons. The summed E-state index contributed by atoms with van der Waals surface area (Å²) >= 11 is 0. The third kappa shape index (κ3) is 5.51. The second kappa shape index (κ2) is 6.75. The monoisotopic (exact) mass is 272 g/mol. The maximum Gasteiger partial charge on any atom is 0.264 e. The summed E-state index contributed by atoms with van der Waals surface area (Å²) in [4.78, 5) is 0. The van der Waals surface area contributed by atoms with E-state index in [0.717, 1.165) is 30.4 Å². The lowest BCUT2D eigenvalue weighted by Crippen LogP contribution is -2.04. The van der Waals surface area contributed by atoms with Crippen molar-refractivity contribution in [1.82, 2.24) is 0 Å². The molecule has 0 aliphatic heterocycles. The second-order valence-electron chi connectivity index (χ2n) is 4.46. The van der Waals surface area contributed by atoms with Crippen LogP contribution in [0.15, 0.2) is 18.2 Å². The summed E-state index contributed by atoms with van der Waals surface area (Å²) in [6, 6.07) is 5.34. The predicted molar refractivity (Wildman–Crippen MR) is 71.5 cm³/mol. The molecular weight excluding hydrogens is 252 g/mol. The van der Waals surface area contributed by atoms with Crippen LogP contribution < -0.4 is 0 Å². The van der Waals surface area contributed by atoms with E-state index in [1.807, 2.05) is 6.07 Å². The number of rotatable bonds is 7. The molecule has 0 aliphatic carbocycles. The quantitative estimate of drug-likeness (QED) is 0.748. The van der Waals surface area contributed by atoms with Crippen molar-refractivity contribution in [3.05, 3.63) is 29.3 Å². The van der Waals surface area contributed by atoms with Crippen LogP contribution in [0.5, 0.6) is 5.75 Å². The van der Waals surface area contributed by atoms with Crippen molar-refractivity contribution in [2.24, 2.45) is 0 Å². The molecule has 0 heterocycles. The van der Waals surface area contributed by atoms with Crippen LogP contribution in [-0.2, 0) is 23.0 Å². The van der Waals surface area contributed by atoms with Crippen LogP contribution in [-0.4, -0.2) is 23.8 Å². The van der Waals surface area contributed by atoms with Gasteiger partial charge in [-0.15, -0.1) is 0 Å². The van der Waals surface area contributed by atoms with Crippen LogP contribution in [0.4, 0.5) is 0 Å². The molecule has 18 heavy (non-hydrogen) atoms. The molecule has 1 aromatic carbocycles. The first-order valence-corrected chi connectivity index (χ1v) is 7.79. The number of phenolic OH excluding ortho intramolecular Hbond substituents is 1. The van der Waals surface area contributed by atoms with Crippen molar-refractivity contribution >= 4 is 10.1 Å². The highest BCUT2D eigenvalue weighted by molar-refractivity contribution is 7.85. The summed E-state index contributed by atoms with van der Waals surface area (Å²) in [5.74, 6) is 0.0695. The fourth-order valence-corrected chi connectivity index (χ4v) is 2.33. The van der Waals surface area contributed by atoms with Crippen molar-refractivity contribution in [2.45, 2.75) is 39.0 Å². The third-order valence-electron chi connectivity index (χ3n) is 2.81. The standard InChI is InChI=1S/C13H20O4S/c1-2-3-6-12-10-11(7-8-13(12)14)5-4-9-18(15,16)17/h7-8,10,14H,2-6,9H2,1H3,(H,15,16,17). The summed E-state index contributed by atoms with van der Waals surface area (Å²) in [5.41, 5.74) is 1.89. The molecule has 0 aliphatic rings. The van der Waals surface area contributed by atoms with Gasteiger partial charge in [0, 0.05) is 0 Å². The van der Waals surface area contributed by atoms with Gasteiger partial charge in [0.1, 0.15) is 5.75 Å². The summed E-state index contributed by atoms with van der Waals surface area (Å²) in [6.07, 6.45) is 3.87. The van der Waals surface area contributed by atoms with Crippen LogP contribution in [0.25, 0.3) is 0 Å². The van der Waals surface area contributed by atoms with Gasteiger partial charge in [0.05, 0.1) is 5.75 Å². The van der Waals surface area contributed by atoms with E-state index in [1.165, 1.54) is 0 Å². The number of hydrogen-bond acceptors (Lipinski definition) is 3. The molecule has 4 nitrogen and oxygen atoms in total. The van der Waals surface area contributed by atoms with Gasteiger partial charge in [-0.25, -0.2) is 0 Å². The van der Waals surface area contributed by atoms with E-state index in [0.29, 0.717) is 18.6 Å². The smallest absolute Gasteiger partial charge is 0.264 e. The fraction of sp³-hybridized carbons (Fsp3) is 0.538. The molecule has 0 unspecified atom stereocenters. The van der Waals surface area contributed by atoms with E-state index < -0.39 is 10.1 Å². The Morgan fingerprint density at radius 3 is 2.50 bits per heavy atom. The van der Waals surface area contributed by atoms with E-state index in [1.54, 1.807) is 12.1 Å². The molecule has 0 spiro atoms. The van der Waals surface area contributed by atoms with Crippen molar-refractivity contribution in [3.63, 3.8) is 0 Å². The minimum Gasteiger partial charge on any atom is -0.508 e. The van der Waals surface area contributed by atoms with Gasteiger partial charge in [-0.1, -0.05) is 25.5 Å². The number of hydrogen-bond donors (Lipinski definition) is 2. The van der Waals surface area contributed by atoms with Crippen LogP contribution >= 0.6 is 0 Å². The second-order valence-corrected chi connectivity index (χ2v) is 6.03. The number of aryl methyl sites for hydroxylation is 2. The topological polar surface area (TPSA) is 74.6 Å². The van der Waals surface area contributed by atoms with E-state index >= 15 is 0 Å². The molecule has 0 amide bonds. The normalized spacial score (nSPS) is 11.7. The summed E-state index contributed by atoms with van der Waals surface area (Å²) in [6.45, 7) is 2.09. The average molecular weight is 272 g/mol. The predicted octanol–water partition coefficient (Wildman–Crippen LogP) is 2.56. The lowest BCUT2D eigenvalue weighted by molar-refractivity contribution is 0.466. The summed E-state index contributed by atoms with van der Waals surface area (Å²) in [5, 5.41) is 9.68. The molecule has 0 bridgehead atoms. The average Bonchev–Trinajstić information content (AvgIpc) is 2.28. The fourth-order valence-electron chi connectivity index (χ4n) is 1.82. The van der Waals surface area contributed by atoms with Crippen LogP contribution in [0.2, 0.25) is 0 Å². The largest absolute Gasteiger partial charge is 0.508 e. The SMILES string of the molecule is CCCCc1cc(CCCS(=O)(=O)O)ccc1O. The highest BCUT2D eigenvalue weighted by Gasteiger charge is 2.06. The Kier molecular flexibility index (Phi) is 5.62. The van der Waals surface area contributed by atoms with Crippen molar-refractivity contribution in [1.29, 1.82) is 0 Å². The molecular formula is C13H20O4S. The van der Waals surface area contributed by atoms with Crippen LogP contribution in [0.1, 0.15) is 37.3 Å². The number of unbranched alkanes of at least 4 members (excludes halogenated alkanes) is 1. The van der Waals surface area contributed by atoms with E-state index in [9.17, 15) is 13.5 Å². The zero-order chi connectivity index (χ0) is 13.6. The van der Waals surface area contributed by atoms with Gasteiger partial charge in [-0.05, 0) is 42.9 Å². The molecule has 0 saturated heterocycles. The summed E-state index contributed by atoms with van der Waals surface area (Å²) < 4.78 is 29.8. The van der Waals surface area contributed by atoms with Crippen LogP contribution in [0.3, 0.4) is 0 Å². The first-order valence-electron chi connectivity index (χ1n) is 6.18. The van der Waals surface area contributed by atoms with Gasteiger partial charge in [0.25, 0.3) is 10.1 Å². The lowest BCUT2D eigenvalue weighted by atomic mass is 10.0. The third-order valence-corrected chi connectivity index (χ3v) is 3.62. The minimum atomic E-state index is -3.88. The Bertz CT molecular complexity index is 480. The zero-order valence-corrected chi connectivity index (χ0v) is 11.4. The van der Waals surface area contributed by atoms with Gasteiger partial charge in [-0.2, -0.15) is 8.42 Å². The van der Waals surface area contributed by atoms with E-state index in [2.05, 4.69) is 6.92 Å². The van der Waals surface area contributed by atoms with Gasteiger partial charge >= 0.3 is 0 Å². The first-order chi connectivity index (χ1) is 8.42. The Balaban J connectivity index is 2.61. The molecule has 2 N–H and O–H groups in total. The molecule has 0 atom stereocenters. The van der Waals surface area contributed by atoms with Gasteiger partial charge < -0.3 is 5.11 Å². The Labute approximate surface area is 108 Å². The van der Waals surface area contributed by atoms with Gasteiger partial charge in [-0.3, -0.25) is 4.55 Å². The van der Waals surface area contributed by atoms with Crippen LogP contribution in [0, 0.1) is 0 Å². The van der Waals surface area contributed by atoms with Crippen molar-refractivity contribution < 1.29 is 18.1 Å². The number of phenols is 1. The molecule has 5 heteroatoms. The molecule has 0 fully saturated rings. The number of aromatic hydroxyl groups is 1. The first kappa shape index (κ1) is 15.0. The molecule has 102 valence electrons. The maximum absolute atomic E-state index is 10.6. The minimum absolute atomic E-state index is 0.224. The Morgan fingerprint density at radius 2 is 1.89 bits per heavy atom. The van der Waals surface area contributed by atoms with Gasteiger partial charge in [0.15, 0.2) is 0 Å². The van der Waals surface area contributed by atoms with Crippen molar-refractivity contribution in [2.75, 3.05) is 5.75 Å². The Hall–Kier alpha value is -1.07. The number of benzene rings is 1. The summed E-state index contributed by atoms with van der Waals surface area (Å²) in [7, 11) is -3.88. The Morgan fingerprint density at radius 1 is 1.17 bits per heavy atom. The van der Waals surface area contributed by atoms with E-state index in [-0.39, 0.29) is 5.75 Å². The van der Waals surface area contributed by atoms with Gasteiger partial charge in [0.2, 0.25) is 0 Å². The molecule has 1 aromatic rings. The molecule has 0 saturated carbocycles. The molecule has 0 aromatic heterocycles. The highest BCUT2D eigenvalue weighted by Crippen LogP contribution is 2.21. The molecule has 1 rings (SSSR count). The van der Waals surface area contributed by atoms with E-state index in [4.69, 9.17) is 4.55 Å². The lowest BCUT2D eigenvalue weighted by Gasteiger charge is -2.07.